The number of hydrogen-bond acceptors (Lipinski definition) is 2. The van der Waals surface area contributed by atoms with E-state index in [1.165, 1.54) is 18.2 Å². The summed E-state index contributed by atoms with van der Waals surface area (Å²) >= 11 is 0. The van der Waals surface area contributed by atoms with E-state index in [2.05, 4.69) is 4.74 Å². The van der Waals surface area contributed by atoms with Crippen molar-refractivity contribution in [2.45, 2.75) is 32.2 Å². The van der Waals surface area contributed by atoms with Gasteiger partial charge < -0.3 is 10.5 Å². The third-order valence-corrected chi connectivity index (χ3v) is 3.39. The highest BCUT2D eigenvalue weighted by Gasteiger charge is 2.59. The van der Waals surface area contributed by atoms with Crippen LogP contribution in [0.3, 0.4) is 0 Å². The smallest absolute Gasteiger partial charge is 0.406 e. The van der Waals surface area contributed by atoms with Crippen molar-refractivity contribution in [3.05, 3.63) is 29.8 Å². The average molecular weight is 245 g/mol. The zero-order chi connectivity index (χ0) is 12.9. The highest BCUT2D eigenvalue weighted by molar-refractivity contribution is 5.39. The normalized spacial score (nSPS) is 26.7. The topological polar surface area (TPSA) is 35.2 Å². The molecular formula is C12H14F3NO. The van der Waals surface area contributed by atoms with Crippen LogP contribution in [0.15, 0.2) is 24.3 Å². The van der Waals surface area contributed by atoms with Crippen LogP contribution >= 0.6 is 0 Å². The first-order chi connectivity index (χ1) is 7.64. The van der Waals surface area contributed by atoms with Gasteiger partial charge >= 0.3 is 6.36 Å². The molecule has 1 aliphatic carbocycles. The standard InChI is InChI=1S/C12H14F3NO/c1-10(2)7-11(10,16)8-4-3-5-9(6-8)17-12(13,14)15/h3-6H,7,16H2,1-2H3. The summed E-state index contributed by atoms with van der Waals surface area (Å²) in [4.78, 5) is 0. The predicted octanol–water partition coefficient (Wildman–Crippen LogP) is 3.17. The fourth-order valence-corrected chi connectivity index (χ4v) is 2.12. The molecule has 1 unspecified atom stereocenters. The van der Waals surface area contributed by atoms with Gasteiger partial charge in [0.25, 0.3) is 0 Å². The summed E-state index contributed by atoms with van der Waals surface area (Å²) in [7, 11) is 0. The Morgan fingerprint density at radius 1 is 1.29 bits per heavy atom. The van der Waals surface area contributed by atoms with Crippen molar-refractivity contribution in [2.24, 2.45) is 11.1 Å². The summed E-state index contributed by atoms with van der Waals surface area (Å²) in [5, 5.41) is 0. The Kier molecular flexibility index (Phi) is 2.43. The second-order valence-corrected chi connectivity index (χ2v) is 5.11. The van der Waals surface area contributed by atoms with Crippen molar-refractivity contribution in [1.29, 1.82) is 0 Å². The van der Waals surface area contributed by atoms with Crippen LogP contribution in [0.5, 0.6) is 5.75 Å². The van der Waals surface area contributed by atoms with Gasteiger partial charge in [-0.3, -0.25) is 0 Å². The first-order valence-corrected chi connectivity index (χ1v) is 5.29. The van der Waals surface area contributed by atoms with Gasteiger partial charge in [-0.25, -0.2) is 0 Å². The number of hydrogen-bond donors (Lipinski definition) is 1. The molecule has 0 bridgehead atoms. The quantitative estimate of drug-likeness (QED) is 0.868. The van der Waals surface area contributed by atoms with Gasteiger partial charge in [-0.1, -0.05) is 26.0 Å². The lowest BCUT2D eigenvalue weighted by molar-refractivity contribution is -0.274. The van der Waals surface area contributed by atoms with E-state index < -0.39 is 11.9 Å². The van der Waals surface area contributed by atoms with Gasteiger partial charge in [-0.15, -0.1) is 13.2 Å². The minimum Gasteiger partial charge on any atom is -0.406 e. The molecule has 1 atom stereocenters. The van der Waals surface area contributed by atoms with Crippen LogP contribution in [0, 0.1) is 5.41 Å². The molecular weight excluding hydrogens is 231 g/mol. The van der Waals surface area contributed by atoms with Gasteiger partial charge in [0, 0.05) is 5.54 Å². The molecule has 1 aromatic rings. The summed E-state index contributed by atoms with van der Waals surface area (Å²) in [5.41, 5.74) is 6.20. The molecule has 0 amide bonds. The van der Waals surface area contributed by atoms with E-state index in [9.17, 15) is 13.2 Å². The minimum absolute atomic E-state index is 0.0795. The van der Waals surface area contributed by atoms with E-state index in [4.69, 9.17) is 5.73 Å². The molecule has 2 nitrogen and oxygen atoms in total. The van der Waals surface area contributed by atoms with Gasteiger partial charge in [0.2, 0.25) is 0 Å². The maximum Gasteiger partial charge on any atom is 0.573 e. The third-order valence-electron chi connectivity index (χ3n) is 3.39. The molecule has 1 aliphatic rings. The average Bonchev–Trinajstić information content (AvgIpc) is 2.65. The Balaban J connectivity index is 2.25. The molecule has 0 aliphatic heterocycles. The van der Waals surface area contributed by atoms with Gasteiger partial charge in [-0.05, 0) is 29.5 Å². The number of alkyl halides is 3. The lowest BCUT2D eigenvalue weighted by Crippen LogP contribution is -2.25. The highest BCUT2D eigenvalue weighted by atomic mass is 19.4. The number of halogens is 3. The molecule has 0 saturated heterocycles. The Hall–Kier alpha value is -1.23. The summed E-state index contributed by atoms with van der Waals surface area (Å²) < 4.78 is 40.1. The van der Waals surface area contributed by atoms with Crippen LogP contribution < -0.4 is 10.5 Å². The Morgan fingerprint density at radius 2 is 1.88 bits per heavy atom. The van der Waals surface area contributed by atoms with Crippen molar-refractivity contribution in [2.75, 3.05) is 0 Å². The van der Waals surface area contributed by atoms with Gasteiger partial charge in [0.05, 0.1) is 0 Å². The van der Waals surface area contributed by atoms with Gasteiger partial charge in [0.15, 0.2) is 0 Å². The number of rotatable bonds is 2. The lowest BCUT2D eigenvalue weighted by atomic mass is 9.97. The summed E-state index contributed by atoms with van der Waals surface area (Å²) in [6, 6.07) is 5.90. The molecule has 0 aromatic heterocycles. The van der Waals surface area contributed by atoms with Crippen LogP contribution in [0.25, 0.3) is 0 Å². The van der Waals surface area contributed by atoms with E-state index >= 15 is 0 Å². The number of ether oxygens (including phenoxy) is 1. The van der Waals surface area contributed by atoms with E-state index in [0.717, 1.165) is 6.42 Å². The summed E-state index contributed by atoms with van der Waals surface area (Å²) in [6.45, 7) is 3.98. The van der Waals surface area contributed by atoms with Crippen molar-refractivity contribution < 1.29 is 17.9 Å². The monoisotopic (exact) mass is 245 g/mol. The maximum atomic E-state index is 12.1. The third kappa shape index (κ3) is 2.24. The summed E-state index contributed by atoms with van der Waals surface area (Å²) in [6.07, 6.45) is -3.91. The van der Waals surface area contributed by atoms with Crippen molar-refractivity contribution in [3.8, 4) is 5.75 Å². The van der Waals surface area contributed by atoms with Crippen LogP contribution in [0.2, 0.25) is 0 Å². The van der Waals surface area contributed by atoms with Crippen molar-refractivity contribution >= 4 is 0 Å². The molecule has 1 aromatic carbocycles. The number of nitrogens with two attached hydrogens (primary N) is 1. The SMILES string of the molecule is CC1(C)CC1(N)c1cccc(OC(F)(F)F)c1. The van der Waals surface area contributed by atoms with E-state index in [1.54, 1.807) is 6.07 Å². The lowest BCUT2D eigenvalue weighted by Gasteiger charge is -2.17. The maximum absolute atomic E-state index is 12.1. The second kappa shape index (κ2) is 3.38. The van der Waals surface area contributed by atoms with Crippen LogP contribution in [0.4, 0.5) is 13.2 Å². The van der Waals surface area contributed by atoms with Gasteiger partial charge in [-0.2, -0.15) is 0 Å². The summed E-state index contributed by atoms with van der Waals surface area (Å²) in [5.74, 6) is -0.220. The second-order valence-electron chi connectivity index (χ2n) is 5.11. The fourth-order valence-electron chi connectivity index (χ4n) is 2.12. The fraction of sp³-hybridized carbons (Fsp3) is 0.500. The van der Waals surface area contributed by atoms with E-state index in [1.807, 2.05) is 13.8 Å². The van der Waals surface area contributed by atoms with Crippen LogP contribution in [-0.2, 0) is 5.54 Å². The first kappa shape index (κ1) is 12.2. The van der Waals surface area contributed by atoms with Crippen molar-refractivity contribution in [3.63, 3.8) is 0 Å². The zero-order valence-corrected chi connectivity index (χ0v) is 9.64. The molecule has 0 spiro atoms. The molecule has 0 heterocycles. The Bertz CT molecular complexity index is 442. The largest absolute Gasteiger partial charge is 0.573 e. The molecule has 1 saturated carbocycles. The Labute approximate surface area is 97.6 Å². The molecule has 0 radical (unpaired) electrons. The number of benzene rings is 1. The molecule has 2 N–H and O–H groups in total. The molecule has 2 rings (SSSR count). The molecule has 94 valence electrons. The molecule has 17 heavy (non-hydrogen) atoms. The minimum atomic E-state index is -4.67. The van der Waals surface area contributed by atoms with E-state index in [0.29, 0.717) is 5.56 Å². The van der Waals surface area contributed by atoms with E-state index in [-0.39, 0.29) is 11.2 Å². The first-order valence-electron chi connectivity index (χ1n) is 5.29. The molecule has 1 fully saturated rings. The highest BCUT2D eigenvalue weighted by Crippen LogP contribution is 2.60. The predicted molar refractivity (Wildman–Crippen MR) is 57.4 cm³/mol. The van der Waals surface area contributed by atoms with Crippen LogP contribution in [-0.4, -0.2) is 6.36 Å². The van der Waals surface area contributed by atoms with Crippen LogP contribution in [0.1, 0.15) is 25.8 Å². The Morgan fingerprint density at radius 3 is 2.35 bits per heavy atom. The van der Waals surface area contributed by atoms with Crippen molar-refractivity contribution in [1.82, 2.24) is 0 Å². The molecule has 5 heteroatoms. The van der Waals surface area contributed by atoms with Gasteiger partial charge in [0.1, 0.15) is 5.75 Å². The zero-order valence-electron chi connectivity index (χ0n) is 9.64.